The van der Waals surface area contributed by atoms with E-state index in [-0.39, 0.29) is 29.5 Å². The van der Waals surface area contributed by atoms with Crippen molar-refractivity contribution in [1.82, 2.24) is 28.9 Å². The number of benzene rings is 1. The maximum atomic E-state index is 12.5. The lowest BCUT2D eigenvalue weighted by Crippen LogP contribution is -2.37. The number of hydrogen-bond donors (Lipinski definition) is 1. The third kappa shape index (κ3) is 4.04. The number of nitrogens with zero attached hydrogens (tertiary/aromatic N) is 6. The summed E-state index contributed by atoms with van der Waals surface area (Å²) in [5.41, 5.74) is 0.657. The number of rotatable bonds is 6. The minimum absolute atomic E-state index is 0.140. The molecule has 4 aromatic rings. The van der Waals surface area contributed by atoms with Crippen LogP contribution in [0.25, 0.3) is 11.2 Å². The smallest absolute Gasteiger partial charge is 0.315 e. The zero-order valence-corrected chi connectivity index (χ0v) is 18.1. The van der Waals surface area contributed by atoms with E-state index in [1.165, 1.54) is 46.5 Å². The van der Waals surface area contributed by atoms with Crippen molar-refractivity contribution in [1.29, 1.82) is 0 Å². The standard InChI is InChI=1S/C20H21N7O3S/c1-12(13-7-5-4-6-8-13)9-15-23-24-19(31-15)22-14(28)10-27-11-21-17-16(27)18(29)26(3)20(30)25(17)2/h4-8,11-12H,9-10H2,1-3H3,(H,22,24,28)/t12-/m1/s1. The number of hydrogen-bond acceptors (Lipinski definition) is 7. The number of anilines is 1. The van der Waals surface area contributed by atoms with E-state index in [1.54, 1.807) is 0 Å². The maximum absolute atomic E-state index is 12.5. The second-order valence-electron chi connectivity index (χ2n) is 7.32. The lowest BCUT2D eigenvalue weighted by molar-refractivity contribution is -0.116. The van der Waals surface area contributed by atoms with Crippen LogP contribution in [0.4, 0.5) is 5.13 Å². The van der Waals surface area contributed by atoms with Crippen LogP contribution in [0.2, 0.25) is 0 Å². The highest BCUT2D eigenvalue weighted by Crippen LogP contribution is 2.24. The molecule has 0 fully saturated rings. The largest absolute Gasteiger partial charge is 0.332 e. The summed E-state index contributed by atoms with van der Waals surface area (Å²) >= 11 is 1.32. The van der Waals surface area contributed by atoms with Gasteiger partial charge in [-0.15, -0.1) is 10.2 Å². The van der Waals surface area contributed by atoms with Gasteiger partial charge in [-0.3, -0.25) is 24.0 Å². The summed E-state index contributed by atoms with van der Waals surface area (Å²) in [6, 6.07) is 10.1. The molecule has 1 atom stereocenters. The molecule has 31 heavy (non-hydrogen) atoms. The molecule has 0 aliphatic rings. The number of aryl methyl sites for hydroxylation is 1. The van der Waals surface area contributed by atoms with Crippen molar-refractivity contribution >= 4 is 33.5 Å². The number of amides is 1. The van der Waals surface area contributed by atoms with Crippen molar-refractivity contribution in [2.45, 2.75) is 25.8 Å². The van der Waals surface area contributed by atoms with Gasteiger partial charge in [-0.25, -0.2) is 9.78 Å². The minimum atomic E-state index is -0.503. The van der Waals surface area contributed by atoms with Crippen molar-refractivity contribution in [3.63, 3.8) is 0 Å². The molecule has 0 saturated heterocycles. The molecule has 0 spiro atoms. The SMILES string of the molecule is C[C@H](Cc1nnc(NC(=O)Cn2cnc3c2c(=O)n(C)c(=O)n3C)s1)c1ccccc1. The average Bonchev–Trinajstić information content (AvgIpc) is 3.38. The first-order valence-corrected chi connectivity index (χ1v) is 10.4. The summed E-state index contributed by atoms with van der Waals surface area (Å²) in [6.45, 7) is 1.98. The molecule has 0 aliphatic heterocycles. The average molecular weight is 440 g/mol. The van der Waals surface area contributed by atoms with Crippen LogP contribution in [0.1, 0.15) is 23.4 Å². The Hall–Kier alpha value is -3.60. The van der Waals surface area contributed by atoms with Gasteiger partial charge >= 0.3 is 5.69 Å². The van der Waals surface area contributed by atoms with E-state index in [1.807, 2.05) is 18.2 Å². The van der Waals surface area contributed by atoms with E-state index in [9.17, 15) is 14.4 Å². The molecule has 4 rings (SSSR count). The molecule has 0 unspecified atom stereocenters. The van der Waals surface area contributed by atoms with Crippen molar-refractivity contribution in [2.75, 3.05) is 5.32 Å². The maximum Gasteiger partial charge on any atom is 0.332 e. The van der Waals surface area contributed by atoms with Crippen LogP contribution in [-0.2, 0) is 31.9 Å². The quantitative estimate of drug-likeness (QED) is 0.484. The van der Waals surface area contributed by atoms with Crippen molar-refractivity contribution in [3.05, 3.63) is 68.1 Å². The van der Waals surface area contributed by atoms with Crippen LogP contribution in [0.3, 0.4) is 0 Å². The first-order valence-electron chi connectivity index (χ1n) is 9.63. The highest BCUT2D eigenvalue weighted by Gasteiger charge is 2.17. The molecule has 1 aromatic carbocycles. The fraction of sp³-hybridized carbons (Fsp3) is 0.300. The number of aromatic nitrogens is 6. The minimum Gasteiger partial charge on any atom is -0.315 e. The number of imidazole rings is 1. The monoisotopic (exact) mass is 439 g/mol. The van der Waals surface area contributed by atoms with Crippen LogP contribution in [0.15, 0.2) is 46.2 Å². The van der Waals surface area contributed by atoms with Crippen molar-refractivity contribution in [2.24, 2.45) is 14.1 Å². The molecule has 11 heteroatoms. The summed E-state index contributed by atoms with van der Waals surface area (Å²) < 4.78 is 3.69. The van der Waals surface area contributed by atoms with Crippen molar-refractivity contribution < 1.29 is 4.79 Å². The number of fused-ring (bicyclic) bond motifs is 1. The molecular formula is C20H21N7O3S. The third-order valence-corrected chi connectivity index (χ3v) is 5.95. The summed E-state index contributed by atoms with van der Waals surface area (Å²) in [5.74, 6) is -0.0908. The first-order chi connectivity index (χ1) is 14.8. The van der Waals surface area contributed by atoms with E-state index in [4.69, 9.17) is 0 Å². The fourth-order valence-corrected chi connectivity index (χ4v) is 4.26. The van der Waals surface area contributed by atoms with E-state index < -0.39 is 11.2 Å². The van der Waals surface area contributed by atoms with Gasteiger partial charge in [-0.2, -0.15) is 0 Å². The van der Waals surface area contributed by atoms with Gasteiger partial charge in [0, 0.05) is 20.5 Å². The Bertz CT molecular complexity index is 1370. The highest BCUT2D eigenvalue weighted by atomic mass is 32.1. The lowest BCUT2D eigenvalue weighted by atomic mass is 9.98. The van der Waals surface area contributed by atoms with E-state index >= 15 is 0 Å². The molecule has 0 radical (unpaired) electrons. The Morgan fingerprint density at radius 1 is 1.13 bits per heavy atom. The summed E-state index contributed by atoms with van der Waals surface area (Å²) in [7, 11) is 2.92. The molecule has 3 heterocycles. The zero-order valence-electron chi connectivity index (χ0n) is 17.3. The van der Waals surface area contributed by atoms with Gasteiger partial charge in [0.05, 0.1) is 6.33 Å². The second-order valence-corrected chi connectivity index (χ2v) is 8.38. The lowest BCUT2D eigenvalue weighted by Gasteiger charge is -2.08. The van der Waals surface area contributed by atoms with Gasteiger partial charge in [0.15, 0.2) is 11.2 Å². The van der Waals surface area contributed by atoms with Gasteiger partial charge in [-0.05, 0) is 11.5 Å². The predicted octanol–water partition coefficient (Wildman–Crippen LogP) is 1.27. The summed E-state index contributed by atoms with van der Waals surface area (Å²) in [5, 5.41) is 12.2. The van der Waals surface area contributed by atoms with Crippen LogP contribution >= 0.6 is 11.3 Å². The molecule has 0 saturated carbocycles. The molecule has 0 aliphatic carbocycles. The molecule has 1 amide bonds. The molecule has 160 valence electrons. The first kappa shape index (κ1) is 20.7. The Labute approximate surface area is 180 Å². The van der Waals surface area contributed by atoms with Crippen LogP contribution in [0, 0.1) is 0 Å². The fourth-order valence-electron chi connectivity index (χ4n) is 3.38. The van der Waals surface area contributed by atoms with Crippen LogP contribution in [0.5, 0.6) is 0 Å². The Kier molecular flexibility index (Phi) is 5.51. The Morgan fingerprint density at radius 3 is 2.61 bits per heavy atom. The topological polar surface area (TPSA) is 117 Å². The van der Waals surface area contributed by atoms with Crippen LogP contribution in [-0.4, -0.2) is 34.8 Å². The van der Waals surface area contributed by atoms with Crippen LogP contribution < -0.4 is 16.6 Å². The number of carbonyl (C=O) groups is 1. The third-order valence-electron chi connectivity index (χ3n) is 5.09. The van der Waals surface area contributed by atoms with Crippen molar-refractivity contribution in [3.8, 4) is 0 Å². The normalized spacial score (nSPS) is 12.2. The van der Waals surface area contributed by atoms with E-state index in [2.05, 4.69) is 39.6 Å². The number of carbonyl (C=O) groups excluding carboxylic acids is 1. The van der Waals surface area contributed by atoms with Gasteiger partial charge in [0.2, 0.25) is 11.0 Å². The second kappa shape index (κ2) is 8.26. The van der Waals surface area contributed by atoms with Gasteiger partial charge in [0.25, 0.3) is 5.56 Å². The van der Waals surface area contributed by atoms with Gasteiger partial charge in [0.1, 0.15) is 11.6 Å². The zero-order chi connectivity index (χ0) is 22.1. The molecule has 3 aromatic heterocycles. The molecule has 0 bridgehead atoms. The van der Waals surface area contributed by atoms with E-state index in [0.29, 0.717) is 11.6 Å². The Balaban J connectivity index is 1.47. The Morgan fingerprint density at radius 2 is 1.87 bits per heavy atom. The summed E-state index contributed by atoms with van der Waals surface area (Å²) in [4.78, 5) is 41.2. The van der Waals surface area contributed by atoms with E-state index in [0.717, 1.165) is 9.57 Å². The molecule has 1 N–H and O–H groups in total. The number of nitrogens with one attached hydrogen (secondary N) is 1. The molecular weight excluding hydrogens is 418 g/mol. The predicted molar refractivity (Wildman–Crippen MR) is 117 cm³/mol. The highest BCUT2D eigenvalue weighted by molar-refractivity contribution is 7.15. The van der Waals surface area contributed by atoms with Gasteiger partial charge < -0.3 is 4.57 Å². The summed E-state index contributed by atoms with van der Waals surface area (Å²) in [6.07, 6.45) is 2.09. The van der Waals surface area contributed by atoms with Gasteiger partial charge in [-0.1, -0.05) is 48.6 Å². The molecule has 10 nitrogen and oxygen atoms in total.